The molecule has 0 aliphatic carbocycles. The van der Waals surface area contributed by atoms with Crippen LogP contribution < -0.4 is 5.32 Å². The minimum Gasteiger partial charge on any atom is -0.384 e. The van der Waals surface area contributed by atoms with Crippen molar-refractivity contribution in [3.63, 3.8) is 0 Å². The van der Waals surface area contributed by atoms with Crippen LogP contribution in [0.2, 0.25) is 0 Å². The molecule has 1 rings (SSSR count). The van der Waals surface area contributed by atoms with Crippen molar-refractivity contribution >= 4 is 21.6 Å². The number of benzene rings is 1. The number of hydrogen-bond acceptors (Lipinski definition) is 1. The summed E-state index contributed by atoms with van der Waals surface area (Å²) >= 11 is 3.45. The van der Waals surface area contributed by atoms with Crippen LogP contribution >= 0.6 is 15.9 Å². The monoisotopic (exact) mass is 239 g/mol. The molecule has 1 aromatic rings. The lowest BCUT2D eigenvalue weighted by Crippen LogP contribution is -2.01. The first-order valence-electron chi connectivity index (χ1n) is 4.35. The molecule has 0 aromatic heterocycles. The number of anilines is 1. The Labute approximate surface area is 88.0 Å². The zero-order valence-electron chi connectivity index (χ0n) is 7.81. The number of aryl methyl sites for hydroxylation is 1. The Bertz CT molecular complexity index is 294. The third-order valence-corrected chi connectivity index (χ3v) is 2.36. The average molecular weight is 240 g/mol. The fourth-order valence-electron chi connectivity index (χ4n) is 1.09. The lowest BCUT2D eigenvalue weighted by Gasteiger charge is -2.08. The van der Waals surface area contributed by atoms with E-state index >= 15 is 0 Å². The second kappa shape index (κ2) is 5.07. The summed E-state index contributed by atoms with van der Waals surface area (Å²) in [7, 11) is 0. The highest BCUT2D eigenvalue weighted by molar-refractivity contribution is 9.10. The quantitative estimate of drug-likeness (QED) is 0.624. The maximum absolute atomic E-state index is 3.68. The van der Waals surface area contributed by atoms with Gasteiger partial charge in [-0.2, -0.15) is 0 Å². The SMILES string of the molecule is C=CCCNc1cc(Br)ccc1C. The first-order chi connectivity index (χ1) is 6.24. The van der Waals surface area contributed by atoms with E-state index in [4.69, 9.17) is 0 Å². The highest BCUT2D eigenvalue weighted by Crippen LogP contribution is 2.20. The van der Waals surface area contributed by atoms with Crippen LogP contribution in [0.5, 0.6) is 0 Å². The van der Waals surface area contributed by atoms with Gasteiger partial charge in [-0.25, -0.2) is 0 Å². The summed E-state index contributed by atoms with van der Waals surface area (Å²) in [6, 6.07) is 6.24. The Balaban J connectivity index is 2.64. The Hall–Kier alpha value is -0.760. The van der Waals surface area contributed by atoms with Gasteiger partial charge in [-0.15, -0.1) is 6.58 Å². The van der Waals surface area contributed by atoms with Crippen molar-refractivity contribution in [2.45, 2.75) is 13.3 Å². The molecule has 0 aliphatic rings. The molecule has 1 nitrogen and oxygen atoms in total. The fourth-order valence-corrected chi connectivity index (χ4v) is 1.45. The summed E-state index contributed by atoms with van der Waals surface area (Å²) in [6.45, 7) is 6.73. The van der Waals surface area contributed by atoms with Gasteiger partial charge < -0.3 is 5.32 Å². The van der Waals surface area contributed by atoms with Crippen molar-refractivity contribution < 1.29 is 0 Å². The van der Waals surface area contributed by atoms with E-state index in [1.165, 1.54) is 11.3 Å². The highest BCUT2D eigenvalue weighted by atomic mass is 79.9. The number of rotatable bonds is 4. The van der Waals surface area contributed by atoms with E-state index in [-0.39, 0.29) is 0 Å². The molecule has 0 saturated carbocycles. The fraction of sp³-hybridized carbons (Fsp3) is 0.273. The van der Waals surface area contributed by atoms with Gasteiger partial charge in [0.25, 0.3) is 0 Å². The second-order valence-corrected chi connectivity index (χ2v) is 3.88. The van der Waals surface area contributed by atoms with E-state index in [9.17, 15) is 0 Å². The highest BCUT2D eigenvalue weighted by Gasteiger charge is 1.96. The first-order valence-corrected chi connectivity index (χ1v) is 5.14. The van der Waals surface area contributed by atoms with E-state index in [0.29, 0.717) is 0 Å². The lowest BCUT2D eigenvalue weighted by atomic mass is 10.2. The van der Waals surface area contributed by atoms with Gasteiger partial charge in [-0.1, -0.05) is 28.1 Å². The molecule has 0 fully saturated rings. The smallest absolute Gasteiger partial charge is 0.0381 e. The van der Waals surface area contributed by atoms with Crippen LogP contribution in [-0.4, -0.2) is 6.54 Å². The van der Waals surface area contributed by atoms with Crippen LogP contribution in [0.25, 0.3) is 0 Å². The molecule has 0 aliphatic heterocycles. The Kier molecular flexibility index (Phi) is 4.03. The molecule has 0 unspecified atom stereocenters. The molecule has 0 bridgehead atoms. The van der Waals surface area contributed by atoms with Crippen LogP contribution in [0.15, 0.2) is 35.3 Å². The maximum Gasteiger partial charge on any atom is 0.0381 e. The van der Waals surface area contributed by atoms with Crippen molar-refractivity contribution in [1.29, 1.82) is 0 Å². The van der Waals surface area contributed by atoms with Gasteiger partial charge in [0.2, 0.25) is 0 Å². The minimum atomic E-state index is 0.945. The van der Waals surface area contributed by atoms with Crippen molar-refractivity contribution in [3.8, 4) is 0 Å². The van der Waals surface area contributed by atoms with Gasteiger partial charge in [0.05, 0.1) is 0 Å². The zero-order valence-corrected chi connectivity index (χ0v) is 9.39. The third-order valence-electron chi connectivity index (χ3n) is 1.86. The van der Waals surface area contributed by atoms with Crippen LogP contribution in [0.1, 0.15) is 12.0 Å². The van der Waals surface area contributed by atoms with E-state index < -0.39 is 0 Å². The molecule has 1 aromatic carbocycles. The average Bonchev–Trinajstić information content (AvgIpc) is 2.11. The lowest BCUT2D eigenvalue weighted by molar-refractivity contribution is 1.07. The normalized spacial score (nSPS) is 9.69. The summed E-state index contributed by atoms with van der Waals surface area (Å²) in [5.74, 6) is 0. The van der Waals surface area contributed by atoms with Crippen LogP contribution in [0.4, 0.5) is 5.69 Å². The summed E-state index contributed by atoms with van der Waals surface area (Å²) in [5, 5.41) is 3.35. The van der Waals surface area contributed by atoms with Crippen molar-refractivity contribution in [1.82, 2.24) is 0 Å². The van der Waals surface area contributed by atoms with Gasteiger partial charge in [0.1, 0.15) is 0 Å². The molecule has 1 N–H and O–H groups in total. The Morgan fingerprint density at radius 3 is 3.00 bits per heavy atom. The van der Waals surface area contributed by atoms with Crippen LogP contribution in [0, 0.1) is 6.92 Å². The maximum atomic E-state index is 3.68. The van der Waals surface area contributed by atoms with Crippen LogP contribution in [-0.2, 0) is 0 Å². The molecule has 2 heteroatoms. The number of halogens is 1. The zero-order chi connectivity index (χ0) is 9.68. The van der Waals surface area contributed by atoms with Gasteiger partial charge in [0, 0.05) is 16.7 Å². The molecular formula is C11H14BrN. The molecule has 0 radical (unpaired) electrons. The number of hydrogen-bond donors (Lipinski definition) is 1. The molecule has 0 saturated heterocycles. The van der Waals surface area contributed by atoms with Gasteiger partial charge in [0.15, 0.2) is 0 Å². The van der Waals surface area contributed by atoms with Crippen molar-refractivity contribution in [3.05, 3.63) is 40.9 Å². The molecule has 0 amide bonds. The molecule has 70 valence electrons. The van der Waals surface area contributed by atoms with E-state index in [1.54, 1.807) is 0 Å². The first kappa shape index (κ1) is 10.3. The van der Waals surface area contributed by atoms with Crippen molar-refractivity contribution in [2.75, 3.05) is 11.9 Å². The second-order valence-electron chi connectivity index (χ2n) is 2.96. The van der Waals surface area contributed by atoms with E-state index in [1.807, 2.05) is 12.1 Å². The predicted octanol–water partition coefficient (Wildman–Crippen LogP) is 3.75. The summed E-state index contributed by atoms with van der Waals surface area (Å²) < 4.78 is 1.11. The molecular weight excluding hydrogens is 226 g/mol. The Morgan fingerprint density at radius 1 is 1.54 bits per heavy atom. The van der Waals surface area contributed by atoms with E-state index in [0.717, 1.165) is 17.4 Å². The third kappa shape index (κ3) is 3.23. The van der Waals surface area contributed by atoms with Gasteiger partial charge in [-0.05, 0) is 31.0 Å². The summed E-state index contributed by atoms with van der Waals surface area (Å²) in [5.41, 5.74) is 2.46. The largest absolute Gasteiger partial charge is 0.384 e. The predicted molar refractivity (Wildman–Crippen MR) is 62.2 cm³/mol. The molecule has 13 heavy (non-hydrogen) atoms. The standard InChI is InChI=1S/C11H14BrN/c1-3-4-7-13-11-8-10(12)6-5-9(11)2/h3,5-6,8,13H,1,4,7H2,2H3. The van der Waals surface area contributed by atoms with E-state index in [2.05, 4.69) is 46.9 Å². The topological polar surface area (TPSA) is 12.0 Å². The van der Waals surface area contributed by atoms with Gasteiger partial charge >= 0.3 is 0 Å². The van der Waals surface area contributed by atoms with Crippen molar-refractivity contribution in [2.24, 2.45) is 0 Å². The summed E-state index contributed by atoms with van der Waals surface area (Å²) in [4.78, 5) is 0. The van der Waals surface area contributed by atoms with Gasteiger partial charge in [-0.3, -0.25) is 0 Å². The van der Waals surface area contributed by atoms with Crippen LogP contribution in [0.3, 0.4) is 0 Å². The number of nitrogens with one attached hydrogen (secondary N) is 1. The minimum absolute atomic E-state index is 0.945. The summed E-state index contributed by atoms with van der Waals surface area (Å²) in [6.07, 6.45) is 2.91. The molecule has 0 heterocycles. The Morgan fingerprint density at radius 2 is 2.31 bits per heavy atom. The molecule has 0 atom stereocenters. The molecule has 0 spiro atoms.